The number of rotatable bonds is 7. The molecule has 1 nitrogen and oxygen atoms in total. The summed E-state index contributed by atoms with van der Waals surface area (Å²) < 4.78 is 0. The van der Waals surface area contributed by atoms with Crippen molar-refractivity contribution in [1.82, 2.24) is 5.32 Å². The average molecular weight is 232 g/mol. The molecule has 2 aliphatic carbocycles. The fraction of sp³-hybridized carbons (Fsp3) is 0.750. The van der Waals surface area contributed by atoms with Crippen molar-refractivity contribution in [2.24, 2.45) is 17.3 Å². The van der Waals surface area contributed by atoms with E-state index in [0.717, 1.165) is 24.8 Å². The van der Waals surface area contributed by atoms with Crippen LogP contribution in [0.4, 0.5) is 0 Å². The first-order valence-electron chi connectivity index (χ1n) is 7.22. The Morgan fingerprint density at radius 2 is 2.29 bits per heavy atom. The summed E-state index contributed by atoms with van der Waals surface area (Å²) in [5, 5.41) is 3.69. The van der Waals surface area contributed by atoms with E-state index in [4.69, 9.17) is 0 Å². The van der Waals surface area contributed by atoms with E-state index in [0.29, 0.717) is 5.41 Å². The molecule has 0 bridgehead atoms. The molecule has 1 heteroatoms. The molecule has 0 aromatic heterocycles. The van der Waals surface area contributed by atoms with E-state index >= 15 is 0 Å². The van der Waals surface area contributed by atoms with Gasteiger partial charge in [0.15, 0.2) is 0 Å². The molecule has 0 aromatic carbocycles. The van der Waals surface area contributed by atoms with Gasteiger partial charge < -0.3 is 5.32 Å². The summed E-state index contributed by atoms with van der Waals surface area (Å²) in [4.78, 5) is 0. The van der Waals surface area contributed by atoms with E-state index in [1.807, 2.05) is 0 Å². The third kappa shape index (κ3) is 3.45. The van der Waals surface area contributed by atoms with Gasteiger partial charge in [-0.3, -0.25) is 0 Å². The van der Waals surface area contributed by atoms with Crippen LogP contribution < -0.4 is 5.32 Å². The summed E-state index contributed by atoms with van der Waals surface area (Å²) in [6.07, 6.45) is 16.7. The third-order valence-electron chi connectivity index (χ3n) is 4.36. The van der Waals surface area contributed by atoms with Crippen molar-refractivity contribution < 1.29 is 0 Å². The van der Waals surface area contributed by atoms with Crippen LogP contribution in [0.3, 0.4) is 0 Å². The minimum absolute atomic E-state index is 0.319. The lowest BCUT2D eigenvalue weighted by Gasteiger charge is -2.37. The second kappa shape index (κ2) is 5.86. The largest absolute Gasteiger partial charge is 0.316 e. The quantitative estimate of drug-likeness (QED) is 0.705. The van der Waals surface area contributed by atoms with Crippen molar-refractivity contribution in [3.8, 4) is 0 Å². The van der Waals surface area contributed by atoms with Gasteiger partial charge in [-0.15, -0.1) is 0 Å². The second-order valence-corrected chi connectivity index (χ2v) is 5.90. The first kappa shape index (κ1) is 12.9. The normalized spacial score (nSPS) is 29.5. The predicted molar refractivity (Wildman–Crippen MR) is 73.7 cm³/mol. The van der Waals surface area contributed by atoms with Gasteiger partial charge >= 0.3 is 0 Å². The number of allylic oxidation sites excluding steroid dienone is 3. The summed E-state index contributed by atoms with van der Waals surface area (Å²) in [5.74, 6) is 1.72. The van der Waals surface area contributed by atoms with Crippen molar-refractivity contribution in [2.45, 2.75) is 46.0 Å². The fourth-order valence-electron chi connectivity index (χ4n) is 2.80. The molecule has 1 fully saturated rings. The Labute approximate surface area is 106 Å². The fourth-order valence-corrected chi connectivity index (χ4v) is 2.80. The van der Waals surface area contributed by atoms with Gasteiger partial charge in [-0.25, -0.2) is 0 Å². The summed E-state index contributed by atoms with van der Waals surface area (Å²) in [6, 6.07) is 0. The zero-order chi connectivity index (χ0) is 12.1. The summed E-state index contributed by atoms with van der Waals surface area (Å²) in [7, 11) is 0. The van der Waals surface area contributed by atoms with Crippen LogP contribution >= 0.6 is 0 Å². The first-order chi connectivity index (χ1) is 8.27. The predicted octanol–water partition coefficient (Wildman–Crippen LogP) is 3.73. The number of hydrogen-bond donors (Lipinski definition) is 1. The van der Waals surface area contributed by atoms with Gasteiger partial charge in [0.25, 0.3) is 0 Å². The van der Waals surface area contributed by atoms with Crippen molar-refractivity contribution in [3.05, 3.63) is 24.3 Å². The molecule has 1 saturated carbocycles. The van der Waals surface area contributed by atoms with Crippen LogP contribution in [0, 0.1) is 23.3 Å². The number of hydrogen-bond acceptors (Lipinski definition) is 1. The first-order valence-corrected chi connectivity index (χ1v) is 7.22. The minimum Gasteiger partial charge on any atom is -0.316 e. The Morgan fingerprint density at radius 1 is 1.47 bits per heavy atom. The van der Waals surface area contributed by atoms with Crippen LogP contribution in [0.1, 0.15) is 46.0 Å². The van der Waals surface area contributed by atoms with Crippen LogP contribution in [-0.4, -0.2) is 13.1 Å². The van der Waals surface area contributed by atoms with Crippen LogP contribution in [0.5, 0.6) is 0 Å². The average Bonchev–Trinajstić information content (AvgIpc) is 3.15. The zero-order valence-corrected chi connectivity index (χ0v) is 11.3. The number of nitrogens with one attached hydrogen (secondary N) is 1. The van der Waals surface area contributed by atoms with Crippen LogP contribution in [-0.2, 0) is 0 Å². The Morgan fingerprint density at radius 3 is 2.88 bits per heavy atom. The summed E-state index contributed by atoms with van der Waals surface area (Å²) in [6.45, 7) is 7.04. The van der Waals surface area contributed by atoms with Crippen molar-refractivity contribution in [1.29, 1.82) is 0 Å². The zero-order valence-electron chi connectivity index (χ0n) is 11.3. The molecule has 0 aromatic rings. The molecule has 2 atom stereocenters. The van der Waals surface area contributed by atoms with E-state index in [-0.39, 0.29) is 0 Å². The molecule has 0 aliphatic heterocycles. The maximum absolute atomic E-state index is 3.69. The highest BCUT2D eigenvalue weighted by Gasteiger charge is 2.33. The molecule has 95 valence electrons. The summed E-state index contributed by atoms with van der Waals surface area (Å²) >= 11 is 0. The molecule has 1 N–H and O–H groups in total. The summed E-state index contributed by atoms with van der Waals surface area (Å²) in [5.41, 5.74) is 0.319. The van der Waals surface area contributed by atoms with E-state index in [9.17, 15) is 0 Å². The van der Waals surface area contributed by atoms with Gasteiger partial charge in [-0.2, -0.15) is 0 Å². The topological polar surface area (TPSA) is 12.0 Å². The Kier molecular flexibility index (Phi) is 4.44. The molecule has 0 amide bonds. The maximum Gasteiger partial charge on any atom is 0.00756 e. The molecule has 2 rings (SSSR count). The molecular weight excluding hydrogens is 206 g/mol. The van der Waals surface area contributed by atoms with Crippen molar-refractivity contribution in [2.75, 3.05) is 13.1 Å². The molecular formula is C16H26N. The highest BCUT2D eigenvalue weighted by atomic mass is 14.9. The van der Waals surface area contributed by atoms with Gasteiger partial charge in [0.05, 0.1) is 0 Å². The Hall–Kier alpha value is -0.560. The van der Waals surface area contributed by atoms with Crippen LogP contribution in [0.15, 0.2) is 18.2 Å². The lowest BCUT2D eigenvalue weighted by molar-refractivity contribution is 0.218. The lowest BCUT2D eigenvalue weighted by Crippen LogP contribution is -2.39. The van der Waals surface area contributed by atoms with Gasteiger partial charge in [-0.05, 0) is 43.7 Å². The molecule has 0 saturated heterocycles. The van der Waals surface area contributed by atoms with E-state index in [2.05, 4.69) is 43.5 Å². The second-order valence-electron chi connectivity index (χ2n) is 5.90. The SMILES string of the molecule is CCCC(C)C1(CNCC2CC2)C=CC=[C]C1. The molecule has 0 spiro atoms. The smallest absolute Gasteiger partial charge is 0.00756 e. The minimum atomic E-state index is 0.319. The van der Waals surface area contributed by atoms with E-state index in [1.165, 1.54) is 32.2 Å². The Balaban J connectivity index is 1.90. The monoisotopic (exact) mass is 232 g/mol. The van der Waals surface area contributed by atoms with Crippen molar-refractivity contribution >= 4 is 0 Å². The standard InChI is InChI=1S/C16H26N/c1-3-7-14(2)16(10-5-4-6-11-16)13-17-12-15-8-9-15/h4-5,10,14-15,17H,3,7-9,11-13H2,1-2H3. The van der Waals surface area contributed by atoms with Gasteiger partial charge in [0.1, 0.15) is 0 Å². The van der Waals surface area contributed by atoms with Gasteiger partial charge in [-0.1, -0.05) is 44.9 Å². The van der Waals surface area contributed by atoms with Gasteiger partial charge in [0.2, 0.25) is 0 Å². The molecule has 1 radical (unpaired) electrons. The molecule has 0 heterocycles. The van der Waals surface area contributed by atoms with Crippen LogP contribution in [0.2, 0.25) is 0 Å². The van der Waals surface area contributed by atoms with Crippen LogP contribution in [0.25, 0.3) is 0 Å². The Bertz CT molecular complexity index is 288. The van der Waals surface area contributed by atoms with E-state index < -0.39 is 0 Å². The molecule has 17 heavy (non-hydrogen) atoms. The highest BCUT2D eigenvalue weighted by molar-refractivity contribution is 5.15. The van der Waals surface area contributed by atoms with E-state index in [1.54, 1.807) is 0 Å². The maximum atomic E-state index is 3.69. The molecule has 2 aliphatic rings. The highest BCUT2D eigenvalue weighted by Crippen LogP contribution is 2.38. The van der Waals surface area contributed by atoms with Crippen molar-refractivity contribution in [3.63, 3.8) is 0 Å². The third-order valence-corrected chi connectivity index (χ3v) is 4.36. The molecule has 2 unspecified atom stereocenters. The van der Waals surface area contributed by atoms with Gasteiger partial charge in [0, 0.05) is 12.0 Å². The lowest BCUT2D eigenvalue weighted by atomic mass is 9.70.